The Balaban J connectivity index is 2.00. The van der Waals surface area contributed by atoms with Gasteiger partial charge in [-0.3, -0.25) is 0 Å². The standard InChI is InChI=1S/C26H21ClO8/c1-26(11-8-5-9-12(27)13(11)10-6-3-2-4-7-10)16-14(18(28)22(32)24(34)20(16)30)15-17(26)21(31)25(35)23(33)19(15)29/h2-9,20,24,28-35H,1H3. The number of aromatic hydroxyl groups is 4. The third kappa shape index (κ3) is 2.81. The first-order valence-corrected chi connectivity index (χ1v) is 11.0. The Bertz CT molecular complexity index is 1460. The van der Waals surface area contributed by atoms with Gasteiger partial charge in [0, 0.05) is 32.7 Å². The number of aliphatic hydroxyl groups is 4. The lowest BCUT2D eigenvalue weighted by atomic mass is 9.67. The highest BCUT2D eigenvalue weighted by Gasteiger charge is 2.55. The van der Waals surface area contributed by atoms with E-state index in [0.29, 0.717) is 21.7 Å². The molecule has 180 valence electrons. The molecule has 0 aliphatic heterocycles. The normalized spacial score (nSPS) is 23.4. The molecule has 5 rings (SSSR count). The van der Waals surface area contributed by atoms with E-state index in [1.807, 2.05) is 6.07 Å². The van der Waals surface area contributed by atoms with Crippen molar-refractivity contribution in [3.63, 3.8) is 0 Å². The van der Waals surface area contributed by atoms with Crippen LogP contribution < -0.4 is 0 Å². The summed E-state index contributed by atoms with van der Waals surface area (Å²) in [5.41, 5.74) is -0.921. The molecule has 2 aliphatic rings. The number of hydrogen-bond donors (Lipinski definition) is 8. The zero-order valence-electron chi connectivity index (χ0n) is 18.2. The first-order chi connectivity index (χ1) is 16.5. The predicted molar refractivity (Wildman–Crippen MR) is 128 cm³/mol. The summed E-state index contributed by atoms with van der Waals surface area (Å²) >= 11 is 6.62. The van der Waals surface area contributed by atoms with E-state index in [9.17, 15) is 40.9 Å². The molecule has 3 aromatic carbocycles. The fourth-order valence-corrected chi connectivity index (χ4v) is 5.62. The van der Waals surface area contributed by atoms with Crippen molar-refractivity contribution < 1.29 is 40.9 Å². The fraction of sp³-hybridized carbons (Fsp3) is 0.154. The summed E-state index contributed by atoms with van der Waals surface area (Å²) in [6, 6.07) is 13.9. The van der Waals surface area contributed by atoms with Crippen LogP contribution in [-0.2, 0) is 5.41 Å². The molecule has 2 aliphatic carbocycles. The molecule has 0 amide bonds. The zero-order valence-corrected chi connectivity index (χ0v) is 19.0. The van der Waals surface area contributed by atoms with Crippen molar-refractivity contribution in [2.75, 3.05) is 0 Å². The van der Waals surface area contributed by atoms with Gasteiger partial charge >= 0.3 is 0 Å². The first kappa shape index (κ1) is 22.9. The molecule has 0 fully saturated rings. The molecule has 8 N–H and O–H groups in total. The largest absolute Gasteiger partial charge is 0.506 e. The van der Waals surface area contributed by atoms with Crippen molar-refractivity contribution in [1.29, 1.82) is 0 Å². The Morgan fingerprint density at radius 2 is 1.34 bits per heavy atom. The molecule has 9 heteroatoms. The van der Waals surface area contributed by atoms with Crippen LogP contribution >= 0.6 is 11.6 Å². The molecule has 3 atom stereocenters. The van der Waals surface area contributed by atoms with Crippen molar-refractivity contribution in [3.8, 4) is 34.1 Å². The fourth-order valence-electron chi connectivity index (χ4n) is 5.33. The Morgan fingerprint density at radius 3 is 2.00 bits per heavy atom. The third-order valence-electron chi connectivity index (χ3n) is 6.92. The number of aliphatic hydroxyl groups excluding tert-OH is 4. The average molecular weight is 497 g/mol. The molecule has 0 bridgehead atoms. The Morgan fingerprint density at radius 1 is 0.714 bits per heavy atom. The quantitative estimate of drug-likeness (QED) is 0.195. The van der Waals surface area contributed by atoms with E-state index < -0.39 is 52.1 Å². The first-order valence-electron chi connectivity index (χ1n) is 10.6. The smallest absolute Gasteiger partial charge is 0.204 e. The van der Waals surface area contributed by atoms with Gasteiger partial charge in [0.2, 0.25) is 11.5 Å². The molecule has 0 saturated carbocycles. The van der Waals surface area contributed by atoms with Gasteiger partial charge in [0.05, 0.1) is 0 Å². The van der Waals surface area contributed by atoms with Crippen LogP contribution in [0.3, 0.4) is 0 Å². The second-order valence-corrected chi connectivity index (χ2v) is 9.12. The van der Waals surface area contributed by atoms with E-state index in [-0.39, 0.29) is 22.3 Å². The highest BCUT2D eigenvalue weighted by molar-refractivity contribution is 6.33. The Hall–Kier alpha value is -3.85. The van der Waals surface area contributed by atoms with Crippen molar-refractivity contribution in [2.45, 2.75) is 24.5 Å². The van der Waals surface area contributed by atoms with E-state index in [1.54, 1.807) is 49.4 Å². The zero-order chi connectivity index (χ0) is 25.4. The minimum Gasteiger partial charge on any atom is -0.506 e. The van der Waals surface area contributed by atoms with E-state index in [1.165, 1.54) is 0 Å². The topological polar surface area (TPSA) is 162 Å². The highest BCUT2D eigenvalue weighted by atomic mass is 35.5. The van der Waals surface area contributed by atoms with E-state index in [4.69, 9.17) is 11.6 Å². The van der Waals surface area contributed by atoms with Gasteiger partial charge < -0.3 is 40.9 Å². The van der Waals surface area contributed by atoms with Gasteiger partial charge in [-0.1, -0.05) is 54.1 Å². The molecule has 0 radical (unpaired) electrons. The monoisotopic (exact) mass is 496 g/mol. The maximum Gasteiger partial charge on any atom is 0.204 e. The molecule has 35 heavy (non-hydrogen) atoms. The van der Waals surface area contributed by atoms with Gasteiger partial charge in [-0.05, 0) is 29.7 Å². The SMILES string of the molecule is CC1(c2cccc(Cl)c2-c2ccccc2)C2=C(C(O)=C(O)C(O)C2O)c2c(O)c(O)c(O)c(O)c21. The summed E-state index contributed by atoms with van der Waals surface area (Å²) in [6.07, 6.45) is -3.72. The highest BCUT2D eigenvalue weighted by Crippen LogP contribution is 2.65. The van der Waals surface area contributed by atoms with Crippen molar-refractivity contribution in [3.05, 3.63) is 87.3 Å². The molecule has 8 nitrogen and oxygen atoms in total. The van der Waals surface area contributed by atoms with Gasteiger partial charge in [0.1, 0.15) is 12.2 Å². The Labute approximate surface area is 204 Å². The van der Waals surface area contributed by atoms with Crippen LogP contribution in [-0.4, -0.2) is 53.1 Å². The van der Waals surface area contributed by atoms with Gasteiger partial charge in [0.15, 0.2) is 23.0 Å². The third-order valence-corrected chi connectivity index (χ3v) is 7.24. The molecule has 0 aromatic heterocycles. The van der Waals surface area contributed by atoms with Gasteiger partial charge in [-0.2, -0.15) is 0 Å². The van der Waals surface area contributed by atoms with Gasteiger partial charge in [-0.15, -0.1) is 0 Å². The van der Waals surface area contributed by atoms with E-state index in [0.717, 1.165) is 0 Å². The predicted octanol–water partition coefficient (Wildman–Crippen LogP) is 3.97. The summed E-state index contributed by atoms with van der Waals surface area (Å²) in [5, 5.41) is 85.5. The summed E-state index contributed by atoms with van der Waals surface area (Å²) in [7, 11) is 0. The van der Waals surface area contributed by atoms with E-state index in [2.05, 4.69) is 0 Å². The van der Waals surface area contributed by atoms with Gasteiger partial charge in [-0.25, -0.2) is 0 Å². The van der Waals surface area contributed by atoms with Crippen LogP contribution in [0.2, 0.25) is 5.02 Å². The summed E-state index contributed by atoms with van der Waals surface area (Å²) in [4.78, 5) is 0. The number of hydrogen-bond acceptors (Lipinski definition) is 8. The lowest BCUT2D eigenvalue weighted by molar-refractivity contribution is 0.0267. The Kier molecular flexibility index (Phi) is 4.96. The van der Waals surface area contributed by atoms with Crippen molar-refractivity contribution >= 4 is 17.2 Å². The van der Waals surface area contributed by atoms with Crippen molar-refractivity contribution in [1.82, 2.24) is 0 Å². The molecule has 0 heterocycles. The molecule has 0 saturated heterocycles. The van der Waals surface area contributed by atoms with Gasteiger partial charge in [0.25, 0.3) is 0 Å². The van der Waals surface area contributed by atoms with Crippen LogP contribution in [0.5, 0.6) is 23.0 Å². The minimum absolute atomic E-state index is 0.0784. The number of rotatable bonds is 2. The van der Waals surface area contributed by atoms with Crippen LogP contribution in [0.25, 0.3) is 16.7 Å². The number of fused-ring (bicyclic) bond motifs is 2. The van der Waals surface area contributed by atoms with Crippen LogP contribution in [0.15, 0.2) is 65.6 Å². The van der Waals surface area contributed by atoms with Crippen LogP contribution in [0.1, 0.15) is 23.6 Å². The number of phenolic OH excluding ortho intramolecular Hbond substituents is 4. The second kappa shape index (κ2) is 7.58. The molecular weight excluding hydrogens is 476 g/mol. The molecular formula is C26H21ClO8. The summed E-state index contributed by atoms with van der Waals surface area (Å²) < 4.78 is 0. The summed E-state index contributed by atoms with van der Waals surface area (Å²) in [6.45, 7) is 1.55. The lowest BCUT2D eigenvalue weighted by Gasteiger charge is -2.37. The number of benzene rings is 3. The lowest BCUT2D eigenvalue weighted by Crippen LogP contribution is -2.41. The number of phenols is 4. The van der Waals surface area contributed by atoms with Crippen LogP contribution in [0, 0.1) is 0 Å². The minimum atomic E-state index is -1.92. The maximum absolute atomic E-state index is 11.1. The molecule has 3 unspecified atom stereocenters. The van der Waals surface area contributed by atoms with Crippen molar-refractivity contribution in [2.24, 2.45) is 0 Å². The number of allylic oxidation sites excluding steroid dienone is 1. The maximum atomic E-state index is 11.1. The second-order valence-electron chi connectivity index (χ2n) is 8.71. The average Bonchev–Trinajstić information content (AvgIpc) is 3.14. The molecule has 0 spiro atoms. The van der Waals surface area contributed by atoms with E-state index >= 15 is 0 Å². The summed E-state index contributed by atoms with van der Waals surface area (Å²) in [5.74, 6) is -5.59. The number of halogens is 1. The molecule has 3 aromatic rings. The van der Waals surface area contributed by atoms with Crippen LogP contribution in [0.4, 0.5) is 0 Å².